The van der Waals surface area contributed by atoms with Crippen molar-refractivity contribution in [2.45, 2.75) is 31.5 Å². The third-order valence-electron chi connectivity index (χ3n) is 3.17. The van der Waals surface area contributed by atoms with Crippen LogP contribution in [0.5, 0.6) is 0 Å². The van der Waals surface area contributed by atoms with Crippen molar-refractivity contribution in [3.8, 4) is 0 Å². The van der Waals surface area contributed by atoms with Crippen molar-refractivity contribution in [2.75, 3.05) is 32.9 Å². The van der Waals surface area contributed by atoms with Crippen LogP contribution in [0.25, 0.3) is 0 Å². The smallest absolute Gasteiger partial charge is 0.0760 e. The minimum absolute atomic E-state index is 0.296. The molecule has 2 fully saturated rings. The molecule has 0 amide bonds. The van der Waals surface area contributed by atoms with Crippen LogP contribution in [0, 0.1) is 0 Å². The lowest BCUT2D eigenvalue weighted by atomic mass is 9.82. The van der Waals surface area contributed by atoms with Gasteiger partial charge in [0.1, 0.15) is 0 Å². The lowest BCUT2D eigenvalue weighted by molar-refractivity contribution is -0.102. The molecule has 0 aromatic carbocycles. The molecule has 14 heavy (non-hydrogen) atoms. The Morgan fingerprint density at radius 1 is 1.43 bits per heavy atom. The van der Waals surface area contributed by atoms with Crippen LogP contribution in [-0.2, 0) is 9.47 Å². The summed E-state index contributed by atoms with van der Waals surface area (Å²) in [5.74, 6) is 0. The van der Waals surface area contributed by atoms with Gasteiger partial charge in [-0.1, -0.05) is 0 Å². The zero-order valence-electron chi connectivity index (χ0n) is 8.82. The van der Waals surface area contributed by atoms with E-state index >= 15 is 0 Å². The second kappa shape index (κ2) is 4.57. The highest BCUT2D eigenvalue weighted by molar-refractivity contribution is 5.01. The van der Waals surface area contributed by atoms with Crippen molar-refractivity contribution < 1.29 is 9.47 Å². The first-order chi connectivity index (χ1) is 6.83. The SMILES string of the molecule is CCOC1CC(N)C1N1CCOCC1. The molecule has 0 radical (unpaired) electrons. The Hall–Kier alpha value is -0.160. The summed E-state index contributed by atoms with van der Waals surface area (Å²) < 4.78 is 11.0. The number of morpholine rings is 1. The molecule has 0 aromatic heterocycles. The van der Waals surface area contributed by atoms with Crippen molar-refractivity contribution in [3.63, 3.8) is 0 Å². The average molecular weight is 200 g/mol. The Labute approximate surface area is 85.3 Å². The topological polar surface area (TPSA) is 47.7 Å². The van der Waals surface area contributed by atoms with Gasteiger partial charge in [0.25, 0.3) is 0 Å². The minimum atomic E-state index is 0.296. The molecule has 2 N–H and O–H groups in total. The quantitative estimate of drug-likeness (QED) is 0.687. The lowest BCUT2D eigenvalue weighted by Crippen LogP contribution is -2.66. The Bertz CT molecular complexity index is 181. The van der Waals surface area contributed by atoms with E-state index in [9.17, 15) is 0 Å². The number of rotatable bonds is 3. The monoisotopic (exact) mass is 200 g/mol. The maximum atomic E-state index is 6.01. The Kier molecular flexibility index (Phi) is 3.38. The van der Waals surface area contributed by atoms with Gasteiger partial charge in [-0.25, -0.2) is 0 Å². The van der Waals surface area contributed by atoms with E-state index in [1.807, 2.05) is 6.92 Å². The highest BCUT2D eigenvalue weighted by atomic mass is 16.5. The molecule has 4 nitrogen and oxygen atoms in total. The largest absolute Gasteiger partial charge is 0.379 e. The summed E-state index contributed by atoms with van der Waals surface area (Å²) >= 11 is 0. The molecule has 1 aliphatic carbocycles. The van der Waals surface area contributed by atoms with Crippen molar-refractivity contribution in [1.29, 1.82) is 0 Å². The molecular formula is C10H20N2O2. The summed E-state index contributed by atoms with van der Waals surface area (Å²) in [7, 11) is 0. The summed E-state index contributed by atoms with van der Waals surface area (Å²) in [6, 6.07) is 0.725. The van der Waals surface area contributed by atoms with Crippen molar-refractivity contribution >= 4 is 0 Å². The van der Waals surface area contributed by atoms with Crippen LogP contribution in [-0.4, -0.2) is 56.0 Å². The fourth-order valence-electron chi connectivity index (χ4n) is 2.39. The van der Waals surface area contributed by atoms with Crippen LogP contribution in [0.3, 0.4) is 0 Å². The van der Waals surface area contributed by atoms with Crippen LogP contribution in [0.4, 0.5) is 0 Å². The second-order valence-corrected chi connectivity index (χ2v) is 4.03. The van der Waals surface area contributed by atoms with Crippen LogP contribution < -0.4 is 5.73 Å². The predicted molar refractivity (Wildman–Crippen MR) is 54.2 cm³/mol. The summed E-state index contributed by atoms with van der Waals surface area (Å²) in [6.45, 7) is 6.51. The first kappa shape index (κ1) is 10.4. The van der Waals surface area contributed by atoms with Gasteiger partial charge in [0.15, 0.2) is 0 Å². The number of hydrogen-bond acceptors (Lipinski definition) is 4. The van der Waals surface area contributed by atoms with Gasteiger partial charge in [0.2, 0.25) is 0 Å². The van der Waals surface area contributed by atoms with Gasteiger partial charge in [-0.05, 0) is 13.3 Å². The molecule has 4 heteroatoms. The summed E-state index contributed by atoms with van der Waals surface area (Å²) in [5, 5.41) is 0. The van der Waals surface area contributed by atoms with Gasteiger partial charge in [-0.2, -0.15) is 0 Å². The van der Waals surface area contributed by atoms with E-state index in [2.05, 4.69) is 4.90 Å². The zero-order chi connectivity index (χ0) is 9.97. The van der Waals surface area contributed by atoms with E-state index in [0.717, 1.165) is 39.3 Å². The molecule has 1 saturated heterocycles. The van der Waals surface area contributed by atoms with Gasteiger partial charge in [-0.15, -0.1) is 0 Å². The third kappa shape index (κ3) is 1.93. The fraction of sp³-hybridized carbons (Fsp3) is 1.00. The number of nitrogens with zero attached hydrogens (tertiary/aromatic N) is 1. The molecule has 82 valence electrons. The van der Waals surface area contributed by atoms with Crippen molar-refractivity contribution in [2.24, 2.45) is 5.73 Å². The summed E-state index contributed by atoms with van der Waals surface area (Å²) in [5.41, 5.74) is 6.01. The van der Waals surface area contributed by atoms with Crippen LogP contribution in [0.2, 0.25) is 0 Å². The highest BCUT2D eigenvalue weighted by Gasteiger charge is 2.43. The van der Waals surface area contributed by atoms with E-state index in [4.69, 9.17) is 15.2 Å². The predicted octanol–water partition coefficient (Wildman–Crippen LogP) is -0.177. The molecule has 3 unspecified atom stereocenters. The number of ether oxygens (including phenoxy) is 2. The molecule has 3 atom stereocenters. The Balaban J connectivity index is 1.86. The Morgan fingerprint density at radius 2 is 2.14 bits per heavy atom. The second-order valence-electron chi connectivity index (χ2n) is 4.03. The number of nitrogens with two attached hydrogens (primary N) is 1. The molecular weight excluding hydrogens is 180 g/mol. The standard InChI is InChI=1S/C10H20N2O2/c1-2-14-9-7-8(11)10(9)12-3-5-13-6-4-12/h8-10H,2-7,11H2,1H3. The Morgan fingerprint density at radius 3 is 2.71 bits per heavy atom. The molecule has 0 aromatic rings. The zero-order valence-corrected chi connectivity index (χ0v) is 8.82. The van der Waals surface area contributed by atoms with Gasteiger partial charge in [0, 0.05) is 25.7 Å². The average Bonchev–Trinajstić information content (AvgIpc) is 2.19. The van der Waals surface area contributed by atoms with Crippen molar-refractivity contribution in [1.82, 2.24) is 4.90 Å². The van der Waals surface area contributed by atoms with Gasteiger partial charge < -0.3 is 15.2 Å². The number of hydrogen-bond donors (Lipinski definition) is 1. The molecule has 0 spiro atoms. The molecule has 1 heterocycles. The van der Waals surface area contributed by atoms with Crippen molar-refractivity contribution in [3.05, 3.63) is 0 Å². The van der Waals surface area contributed by atoms with E-state index in [1.54, 1.807) is 0 Å². The van der Waals surface area contributed by atoms with E-state index < -0.39 is 0 Å². The first-order valence-corrected chi connectivity index (χ1v) is 5.52. The third-order valence-corrected chi connectivity index (χ3v) is 3.17. The van der Waals surface area contributed by atoms with E-state index in [-0.39, 0.29) is 0 Å². The summed E-state index contributed by atoms with van der Waals surface area (Å²) in [4.78, 5) is 2.41. The molecule has 2 aliphatic rings. The molecule has 2 rings (SSSR count). The normalized spacial score (nSPS) is 39.4. The van der Waals surface area contributed by atoms with E-state index in [1.165, 1.54) is 0 Å². The van der Waals surface area contributed by atoms with Gasteiger partial charge in [-0.3, -0.25) is 4.90 Å². The van der Waals surface area contributed by atoms with Crippen LogP contribution in [0.1, 0.15) is 13.3 Å². The van der Waals surface area contributed by atoms with E-state index in [0.29, 0.717) is 18.2 Å². The molecule has 0 bridgehead atoms. The maximum absolute atomic E-state index is 6.01. The van der Waals surface area contributed by atoms with Crippen LogP contribution >= 0.6 is 0 Å². The fourth-order valence-corrected chi connectivity index (χ4v) is 2.39. The molecule has 1 saturated carbocycles. The summed E-state index contributed by atoms with van der Waals surface area (Å²) in [6.07, 6.45) is 1.36. The first-order valence-electron chi connectivity index (χ1n) is 5.52. The highest BCUT2D eigenvalue weighted by Crippen LogP contribution is 2.28. The maximum Gasteiger partial charge on any atom is 0.0760 e. The molecule has 1 aliphatic heterocycles. The minimum Gasteiger partial charge on any atom is -0.379 e. The van der Waals surface area contributed by atoms with Gasteiger partial charge in [0.05, 0.1) is 25.4 Å². The lowest BCUT2D eigenvalue weighted by Gasteiger charge is -2.49. The van der Waals surface area contributed by atoms with Gasteiger partial charge >= 0.3 is 0 Å². The van der Waals surface area contributed by atoms with Crippen LogP contribution in [0.15, 0.2) is 0 Å².